The number of rotatable bonds is 6. The summed E-state index contributed by atoms with van der Waals surface area (Å²) in [6.07, 6.45) is 0.200. The van der Waals surface area contributed by atoms with Crippen LogP contribution in [0.4, 0.5) is 0 Å². The van der Waals surface area contributed by atoms with Crippen LogP contribution < -0.4 is 5.48 Å². The lowest BCUT2D eigenvalue weighted by Gasteiger charge is -2.08. The maximum atomic E-state index is 12.3. The number of carbonyl (C=O) groups excluding carboxylic acids is 1. The van der Waals surface area contributed by atoms with E-state index in [1.165, 1.54) is 0 Å². The van der Waals surface area contributed by atoms with Crippen molar-refractivity contribution in [1.82, 2.24) is 15.3 Å². The van der Waals surface area contributed by atoms with Crippen LogP contribution in [0.25, 0.3) is 5.69 Å². The molecule has 0 aliphatic rings. The maximum Gasteiger partial charge on any atom is 0.248 e. The average Bonchev–Trinajstić information content (AvgIpc) is 2.93. The zero-order valence-electron chi connectivity index (χ0n) is 15.6. The van der Waals surface area contributed by atoms with E-state index >= 15 is 0 Å². The molecule has 0 bridgehead atoms. The Morgan fingerprint density at radius 1 is 1.15 bits per heavy atom. The molecule has 5 nitrogen and oxygen atoms in total. The molecule has 6 heteroatoms. The van der Waals surface area contributed by atoms with E-state index in [1.807, 2.05) is 74.0 Å². The predicted octanol–water partition coefficient (Wildman–Crippen LogP) is 4.24. The summed E-state index contributed by atoms with van der Waals surface area (Å²) in [6.45, 7) is 6.12. The number of halogens is 1. The monoisotopic (exact) mass is 383 g/mol. The number of benzene rings is 2. The first-order valence-electron chi connectivity index (χ1n) is 8.72. The van der Waals surface area contributed by atoms with E-state index < -0.39 is 0 Å². The second-order valence-corrected chi connectivity index (χ2v) is 6.88. The summed E-state index contributed by atoms with van der Waals surface area (Å²) in [5.74, 6) is -0.210. The van der Waals surface area contributed by atoms with Crippen molar-refractivity contribution in [2.24, 2.45) is 0 Å². The largest absolute Gasteiger partial charge is 0.272 e. The molecule has 0 saturated carbocycles. The first-order valence-corrected chi connectivity index (χ1v) is 9.09. The van der Waals surface area contributed by atoms with Crippen molar-refractivity contribution in [3.8, 4) is 5.69 Å². The fourth-order valence-electron chi connectivity index (χ4n) is 2.87. The van der Waals surface area contributed by atoms with Crippen molar-refractivity contribution < 1.29 is 9.63 Å². The van der Waals surface area contributed by atoms with Gasteiger partial charge in [0.2, 0.25) is 5.91 Å². The molecule has 0 saturated heterocycles. The quantitative estimate of drug-likeness (QED) is 0.647. The Morgan fingerprint density at radius 2 is 1.89 bits per heavy atom. The molecule has 3 aromatic rings. The minimum absolute atomic E-state index is 0.200. The Hall–Kier alpha value is -2.63. The highest BCUT2D eigenvalue weighted by Gasteiger charge is 2.16. The van der Waals surface area contributed by atoms with E-state index in [-0.39, 0.29) is 12.3 Å². The van der Waals surface area contributed by atoms with E-state index in [0.717, 1.165) is 33.8 Å². The molecule has 0 atom stereocenters. The number of aryl methyl sites for hydroxylation is 2. The van der Waals surface area contributed by atoms with E-state index in [0.29, 0.717) is 11.6 Å². The molecule has 1 heterocycles. The molecule has 1 aromatic heterocycles. The SMILES string of the molecule is Cc1ccc(-n2nc(C)c(CC(=O)NOCc3ccccc3)c2C)cc1Cl. The molecule has 2 aromatic carbocycles. The van der Waals surface area contributed by atoms with Gasteiger partial charge in [0.15, 0.2) is 0 Å². The molecule has 0 aliphatic carbocycles. The van der Waals surface area contributed by atoms with Gasteiger partial charge in [0, 0.05) is 16.3 Å². The van der Waals surface area contributed by atoms with Crippen molar-refractivity contribution in [2.75, 3.05) is 0 Å². The molecule has 0 radical (unpaired) electrons. The van der Waals surface area contributed by atoms with Crippen LogP contribution in [-0.2, 0) is 22.7 Å². The number of amides is 1. The predicted molar refractivity (Wildman–Crippen MR) is 106 cm³/mol. The van der Waals surface area contributed by atoms with Crippen LogP contribution >= 0.6 is 11.6 Å². The van der Waals surface area contributed by atoms with Gasteiger partial charge in [-0.25, -0.2) is 10.2 Å². The summed E-state index contributed by atoms with van der Waals surface area (Å²) in [4.78, 5) is 17.6. The third-order valence-electron chi connectivity index (χ3n) is 4.45. The average molecular weight is 384 g/mol. The van der Waals surface area contributed by atoms with E-state index in [1.54, 1.807) is 0 Å². The van der Waals surface area contributed by atoms with Gasteiger partial charge >= 0.3 is 0 Å². The van der Waals surface area contributed by atoms with Crippen molar-refractivity contribution in [3.05, 3.63) is 81.6 Å². The summed E-state index contributed by atoms with van der Waals surface area (Å²) >= 11 is 6.23. The van der Waals surface area contributed by atoms with Gasteiger partial charge in [-0.3, -0.25) is 9.63 Å². The second kappa shape index (κ2) is 8.37. The molecule has 1 amide bonds. The van der Waals surface area contributed by atoms with Crippen LogP contribution in [0.1, 0.15) is 28.1 Å². The number of nitrogens with zero attached hydrogens (tertiary/aromatic N) is 2. The molecule has 0 unspecified atom stereocenters. The van der Waals surface area contributed by atoms with Gasteiger partial charge < -0.3 is 0 Å². The van der Waals surface area contributed by atoms with Gasteiger partial charge in [-0.15, -0.1) is 0 Å². The fraction of sp³-hybridized carbons (Fsp3) is 0.238. The third-order valence-corrected chi connectivity index (χ3v) is 4.85. The van der Waals surface area contributed by atoms with Crippen LogP contribution in [0.5, 0.6) is 0 Å². The van der Waals surface area contributed by atoms with Gasteiger partial charge in [0.25, 0.3) is 0 Å². The van der Waals surface area contributed by atoms with Crippen molar-refractivity contribution in [2.45, 2.75) is 33.8 Å². The highest BCUT2D eigenvalue weighted by Crippen LogP contribution is 2.23. The Labute approximate surface area is 163 Å². The third kappa shape index (κ3) is 4.56. The van der Waals surface area contributed by atoms with E-state index in [2.05, 4.69) is 10.6 Å². The fourth-order valence-corrected chi connectivity index (χ4v) is 3.04. The van der Waals surface area contributed by atoms with Crippen molar-refractivity contribution in [3.63, 3.8) is 0 Å². The standard InChI is InChI=1S/C21H22ClN3O2/c1-14-9-10-18(11-20(14)22)25-16(3)19(15(2)23-25)12-21(26)24-27-13-17-7-5-4-6-8-17/h4-11H,12-13H2,1-3H3,(H,24,26). The summed E-state index contributed by atoms with van der Waals surface area (Å²) in [5.41, 5.74) is 7.98. The van der Waals surface area contributed by atoms with E-state index in [9.17, 15) is 4.79 Å². The second-order valence-electron chi connectivity index (χ2n) is 6.47. The first kappa shape index (κ1) is 19.1. The Morgan fingerprint density at radius 3 is 2.59 bits per heavy atom. The molecule has 0 fully saturated rings. The summed E-state index contributed by atoms with van der Waals surface area (Å²) in [7, 11) is 0. The molecule has 140 valence electrons. The van der Waals surface area contributed by atoms with Crippen LogP contribution in [0, 0.1) is 20.8 Å². The Balaban J connectivity index is 1.67. The molecule has 1 N–H and O–H groups in total. The summed E-state index contributed by atoms with van der Waals surface area (Å²) < 4.78 is 1.81. The van der Waals surface area contributed by atoms with E-state index in [4.69, 9.17) is 16.4 Å². The lowest BCUT2D eigenvalue weighted by atomic mass is 10.1. The smallest absolute Gasteiger partial charge is 0.248 e. The lowest BCUT2D eigenvalue weighted by Crippen LogP contribution is -2.25. The Kier molecular flexibility index (Phi) is 5.94. The molecule has 27 heavy (non-hydrogen) atoms. The van der Waals surface area contributed by atoms with Crippen molar-refractivity contribution >= 4 is 17.5 Å². The number of nitrogens with one attached hydrogen (secondary N) is 1. The first-order chi connectivity index (χ1) is 13.0. The highest BCUT2D eigenvalue weighted by molar-refractivity contribution is 6.31. The van der Waals surface area contributed by atoms with Gasteiger partial charge in [0.1, 0.15) is 0 Å². The topological polar surface area (TPSA) is 56.2 Å². The van der Waals surface area contributed by atoms with Crippen LogP contribution in [0.3, 0.4) is 0 Å². The maximum absolute atomic E-state index is 12.3. The lowest BCUT2D eigenvalue weighted by molar-refractivity contribution is -0.133. The molecular weight excluding hydrogens is 362 g/mol. The zero-order chi connectivity index (χ0) is 19.4. The van der Waals surface area contributed by atoms with Crippen LogP contribution in [-0.4, -0.2) is 15.7 Å². The summed E-state index contributed by atoms with van der Waals surface area (Å²) in [6, 6.07) is 15.5. The number of hydroxylamine groups is 1. The number of hydrogen-bond donors (Lipinski definition) is 1. The molecule has 3 rings (SSSR count). The Bertz CT molecular complexity index is 952. The highest BCUT2D eigenvalue weighted by atomic mass is 35.5. The van der Waals surface area contributed by atoms with Gasteiger partial charge in [-0.05, 0) is 44.0 Å². The number of carbonyl (C=O) groups is 1. The van der Waals surface area contributed by atoms with Gasteiger partial charge in [0.05, 0.1) is 24.4 Å². The minimum atomic E-state index is -0.210. The number of aromatic nitrogens is 2. The van der Waals surface area contributed by atoms with Gasteiger partial charge in [-0.1, -0.05) is 48.0 Å². The number of hydrogen-bond acceptors (Lipinski definition) is 3. The zero-order valence-corrected chi connectivity index (χ0v) is 16.4. The minimum Gasteiger partial charge on any atom is -0.272 e. The summed E-state index contributed by atoms with van der Waals surface area (Å²) in [5, 5.41) is 5.26. The normalized spacial score (nSPS) is 10.8. The van der Waals surface area contributed by atoms with Gasteiger partial charge in [-0.2, -0.15) is 5.10 Å². The molecule has 0 spiro atoms. The molecular formula is C21H22ClN3O2. The van der Waals surface area contributed by atoms with Crippen LogP contribution in [0.2, 0.25) is 5.02 Å². The van der Waals surface area contributed by atoms with Crippen molar-refractivity contribution in [1.29, 1.82) is 0 Å². The van der Waals surface area contributed by atoms with Crippen LogP contribution in [0.15, 0.2) is 48.5 Å². The molecule has 0 aliphatic heterocycles.